The van der Waals surface area contributed by atoms with Gasteiger partial charge in [0.15, 0.2) is 5.69 Å². The molecule has 21 heavy (non-hydrogen) atoms. The van der Waals surface area contributed by atoms with Gasteiger partial charge >= 0.3 is 6.18 Å². The van der Waals surface area contributed by atoms with Crippen molar-refractivity contribution in [2.24, 2.45) is 5.92 Å². The molecule has 2 rings (SSSR count). The quantitative estimate of drug-likeness (QED) is 0.829. The van der Waals surface area contributed by atoms with E-state index in [4.69, 9.17) is 4.74 Å². The number of fused-ring (bicyclic) bond motifs is 1. The third-order valence-corrected chi connectivity index (χ3v) is 2.55. The minimum Gasteiger partial charge on any atom is -0.379 e. The summed E-state index contributed by atoms with van der Waals surface area (Å²) in [6, 6.07) is 0.907. The van der Waals surface area contributed by atoms with Crippen molar-refractivity contribution < 1.29 is 17.9 Å². The summed E-state index contributed by atoms with van der Waals surface area (Å²) >= 11 is 0. The second kappa shape index (κ2) is 6.25. The summed E-state index contributed by atoms with van der Waals surface area (Å²) in [5.74, 6) is 0.484. The number of anilines is 1. The number of alkyl halides is 3. The summed E-state index contributed by atoms with van der Waals surface area (Å²) in [4.78, 5) is 7.12. The van der Waals surface area contributed by atoms with Crippen LogP contribution >= 0.6 is 0 Å². The van der Waals surface area contributed by atoms with Gasteiger partial charge in [0.1, 0.15) is 12.1 Å². The molecule has 0 amide bonds. The Hall–Kier alpha value is -1.90. The first-order chi connectivity index (χ1) is 9.88. The number of ether oxygens (including phenoxy) is 1. The number of nitrogens with zero attached hydrogens (tertiary/aromatic N) is 4. The lowest BCUT2D eigenvalue weighted by Gasteiger charge is -2.12. The molecule has 2 heterocycles. The lowest BCUT2D eigenvalue weighted by molar-refractivity contribution is -0.141. The zero-order valence-electron chi connectivity index (χ0n) is 11.7. The monoisotopic (exact) mass is 303 g/mol. The molecule has 0 spiro atoms. The molecule has 0 unspecified atom stereocenters. The van der Waals surface area contributed by atoms with E-state index in [9.17, 15) is 13.2 Å². The predicted molar refractivity (Wildman–Crippen MR) is 69.9 cm³/mol. The molecule has 0 saturated heterocycles. The van der Waals surface area contributed by atoms with Crippen LogP contribution in [0.1, 0.15) is 19.5 Å². The second-order valence-electron chi connectivity index (χ2n) is 4.89. The average Bonchev–Trinajstić information content (AvgIpc) is 2.85. The number of nitrogens with one attached hydrogen (secondary N) is 1. The average molecular weight is 303 g/mol. The number of rotatable bonds is 6. The van der Waals surface area contributed by atoms with Gasteiger partial charge in [-0.05, 0) is 5.92 Å². The summed E-state index contributed by atoms with van der Waals surface area (Å²) in [6.07, 6.45) is -3.37. The Morgan fingerprint density at radius 1 is 1.38 bits per heavy atom. The molecule has 0 aliphatic carbocycles. The van der Waals surface area contributed by atoms with Crippen LogP contribution in [0.5, 0.6) is 0 Å². The van der Waals surface area contributed by atoms with Crippen molar-refractivity contribution in [2.75, 3.05) is 25.1 Å². The molecule has 0 atom stereocenters. The van der Waals surface area contributed by atoms with Crippen molar-refractivity contribution in [3.63, 3.8) is 0 Å². The van der Waals surface area contributed by atoms with Gasteiger partial charge in [-0.1, -0.05) is 13.8 Å². The Morgan fingerprint density at radius 2 is 2.14 bits per heavy atom. The molecule has 0 saturated carbocycles. The van der Waals surface area contributed by atoms with E-state index < -0.39 is 11.9 Å². The first kappa shape index (κ1) is 15.5. The summed E-state index contributed by atoms with van der Waals surface area (Å²) in [5, 5.41) is 6.70. The van der Waals surface area contributed by atoms with Crippen LogP contribution in [0.2, 0.25) is 0 Å². The summed E-state index contributed by atoms with van der Waals surface area (Å²) in [5.41, 5.74) is -1.01. The zero-order chi connectivity index (χ0) is 15.5. The van der Waals surface area contributed by atoms with Gasteiger partial charge in [-0.2, -0.15) is 27.8 Å². The van der Waals surface area contributed by atoms with E-state index in [2.05, 4.69) is 20.4 Å². The number of halogens is 3. The highest BCUT2D eigenvalue weighted by Crippen LogP contribution is 2.29. The van der Waals surface area contributed by atoms with E-state index in [1.807, 2.05) is 13.8 Å². The summed E-state index contributed by atoms with van der Waals surface area (Å²) in [6.45, 7) is 5.39. The summed E-state index contributed by atoms with van der Waals surface area (Å²) in [7, 11) is 0. The van der Waals surface area contributed by atoms with Gasteiger partial charge in [0.25, 0.3) is 5.78 Å². The molecule has 0 aromatic carbocycles. The van der Waals surface area contributed by atoms with Crippen molar-refractivity contribution in [2.45, 2.75) is 20.0 Å². The third-order valence-electron chi connectivity index (χ3n) is 2.55. The van der Waals surface area contributed by atoms with Gasteiger partial charge < -0.3 is 10.1 Å². The largest absolute Gasteiger partial charge is 0.433 e. The SMILES string of the molecule is CC(C)COCCNc1cc(C(F)(F)F)nc2ncnn12. The van der Waals surface area contributed by atoms with Crippen molar-refractivity contribution in [1.82, 2.24) is 19.6 Å². The molecule has 0 radical (unpaired) electrons. The summed E-state index contributed by atoms with van der Waals surface area (Å²) < 4.78 is 44.9. The molecule has 0 aliphatic rings. The molecule has 1 N–H and O–H groups in total. The maximum atomic E-state index is 12.8. The molecule has 0 aliphatic heterocycles. The molecule has 0 fully saturated rings. The van der Waals surface area contributed by atoms with Crippen LogP contribution in [0.15, 0.2) is 12.4 Å². The maximum Gasteiger partial charge on any atom is 0.433 e. The highest BCUT2D eigenvalue weighted by molar-refractivity contribution is 5.45. The standard InChI is InChI=1S/C12H16F3N5O/c1-8(2)6-21-4-3-16-10-5-9(12(13,14)15)19-11-17-7-18-20(10)11/h5,7-8,16H,3-4,6H2,1-2H3. The van der Waals surface area contributed by atoms with E-state index in [-0.39, 0.29) is 11.6 Å². The van der Waals surface area contributed by atoms with E-state index in [0.717, 1.165) is 12.4 Å². The van der Waals surface area contributed by atoms with Crippen LogP contribution < -0.4 is 5.32 Å². The molecule has 6 nitrogen and oxygen atoms in total. The highest BCUT2D eigenvalue weighted by atomic mass is 19.4. The van der Waals surface area contributed by atoms with Crippen LogP contribution in [-0.2, 0) is 10.9 Å². The van der Waals surface area contributed by atoms with Gasteiger partial charge in [0, 0.05) is 19.2 Å². The molecule has 2 aromatic heterocycles. The van der Waals surface area contributed by atoms with Crippen LogP contribution in [0.25, 0.3) is 5.78 Å². The third kappa shape index (κ3) is 4.03. The maximum absolute atomic E-state index is 12.8. The van der Waals surface area contributed by atoms with Crippen molar-refractivity contribution in [3.8, 4) is 0 Å². The van der Waals surface area contributed by atoms with Gasteiger partial charge in [-0.15, -0.1) is 0 Å². The molecular formula is C12H16F3N5O. The Balaban J connectivity index is 2.09. The van der Waals surface area contributed by atoms with E-state index >= 15 is 0 Å². The molecular weight excluding hydrogens is 287 g/mol. The molecule has 9 heteroatoms. The fourth-order valence-corrected chi connectivity index (χ4v) is 1.65. The number of aromatic nitrogens is 4. The topological polar surface area (TPSA) is 64.3 Å². The first-order valence-electron chi connectivity index (χ1n) is 6.47. The minimum atomic E-state index is -4.53. The fourth-order valence-electron chi connectivity index (χ4n) is 1.65. The Labute approximate surface area is 119 Å². The van der Waals surface area contributed by atoms with Gasteiger partial charge in [0.2, 0.25) is 0 Å². The molecule has 2 aromatic rings. The normalized spacial score (nSPS) is 12.3. The van der Waals surface area contributed by atoms with Crippen molar-refractivity contribution >= 4 is 11.6 Å². The Bertz CT molecular complexity index is 596. The van der Waals surface area contributed by atoms with Crippen LogP contribution in [0.3, 0.4) is 0 Å². The smallest absolute Gasteiger partial charge is 0.379 e. The molecule has 116 valence electrons. The first-order valence-corrected chi connectivity index (χ1v) is 6.47. The second-order valence-corrected chi connectivity index (χ2v) is 4.89. The van der Waals surface area contributed by atoms with E-state index in [1.165, 1.54) is 4.52 Å². The zero-order valence-corrected chi connectivity index (χ0v) is 11.7. The fraction of sp³-hybridized carbons (Fsp3) is 0.583. The van der Waals surface area contributed by atoms with Gasteiger partial charge in [-0.3, -0.25) is 0 Å². The number of hydrogen-bond donors (Lipinski definition) is 1. The Kier molecular flexibility index (Phi) is 4.61. The van der Waals surface area contributed by atoms with Gasteiger partial charge in [0.05, 0.1) is 6.61 Å². The van der Waals surface area contributed by atoms with E-state index in [0.29, 0.717) is 25.7 Å². The van der Waals surface area contributed by atoms with Crippen molar-refractivity contribution in [3.05, 3.63) is 18.1 Å². The lowest BCUT2D eigenvalue weighted by atomic mass is 10.2. The lowest BCUT2D eigenvalue weighted by Crippen LogP contribution is -2.16. The highest BCUT2D eigenvalue weighted by Gasteiger charge is 2.34. The molecule has 0 bridgehead atoms. The van der Waals surface area contributed by atoms with Crippen LogP contribution in [0.4, 0.5) is 19.0 Å². The van der Waals surface area contributed by atoms with Crippen LogP contribution in [-0.4, -0.2) is 39.3 Å². The van der Waals surface area contributed by atoms with Crippen LogP contribution in [0, 0.1) is 5.92 Å². The predicted octanol–water partition coefficient (Wildman–Crippen LogP) is 2.23. The van der Waals surface area contributed by atoms with Crippen molar-refractivity contribution in [1.29, 1.82) is 0 Å². The minimum absolute atomic E-state index is 0.101. The Morgan fingerprint density at radius 3 is 2.81 bits per heavy atom. The van der Waals surface area contributed by atoms with E-state index in [1.54, 1.807) is 0 Å². The van der Waals surface area contributed by atoms with Gasteiger partial charge in [-0.25, -0.2) is 4.98 Å². The number of hydrogen-bond acceptors (Lipinski definition) is 5.